The monoisotopic (exact) mass is 394 g/mol. The summed E-state index contributed by atoms with van der Waals surface area (Å²) < 4.78 is 0. The summed E-state index contributed by atoms with van der Waals surface area (Å²) in [5.41, 5.74) is 8.35. The van der Waals surface area contributed by atoms with E-state index in [1.165, 1.54) is 0 Å². The van der Waals surface area contributed by atoms with Crippen molar-refractivity contribution in [3.8, 4) is 11.1 Å². The lowest BCUT2D eigenvalue weighted by Crippen LogP contribution is -2.54. The summed E-state index contributed by atoms with van der Waals surface area (Å²) in [6.07, 6.45) is 1.24. The van der Waals surface area contributed by atoms with Crippen molar-refractivity contribution >= 4 is 11.8 Å². The third kappa shape index (κ3) is 5.65. The topological polar surface area (TPSA) is 78.7 Å². The Hall–Kier alpha value is -2.70. The summed E-state index contributed by atoms with van der Waals surface area (Å²) in [6, 6.07) is 17.0. The van der Waals surface area contributed by atoms with Crippen molar-refractivity contribution in [2.75, 3.05) is 39.8 Å². The maximum Gasteiger partial charge on any atom is 0.251 e. The van der Waals surface area contributed by atoms with E-state index in [-0.39, 0.29) is 11.8 Å². The Morgan fingerprint density at radius 3 is 2.21 bits per heavy atom. The molecule has 0 aliphatic carbocycles. The molecule has 2 aromatic carbocycles. The molecule has 1 saturated heterocycles. The van der Waals surface area contributed by atoms with Crippen molar-refractivity contribution in [2.45, 2.75) is 18.9 Å². The van der Waals surface area contributed by atoms with Crippen LogP contribution in [-0.4, -0.2) is 67.4 Å². The molecule has 2 aromatic rings. The van der Waals surface area contributed by atoms with Gasteiger partial charge in [-0.1, -0.05) is 42.5 Å². The molecule has 0 spiro atoms. The van der Waals surface area contributed by atoms with E-state index >= 15 is 0 Å². The second-order valence-electron chi connectivity index (χ2n) is 7.53. The van der Waals surface area contributed by atoms with Crippen LogP contribution in [0, 0.1) is 0 Å². The van der Waals surface area contributed by atoms with Gasteiger partial charge in [0, 0.05) is 31.7 Å². The maximum absolute atomic E-state index is 13.0. The molecule has 3 N–H and O–H groups in total. The number of carbonyl (C=O) groups excluding carboxylic acids is 2. The lowest BCUT2D eigenvalue weighted by atomic mass is 10.0. The molecule has 3 rings (SSSR count). The number of benzene rings is 2. The molecule has 154 valence electrons. The third-order valence-corrected chi connectivity index (χ3v) is 5.37. The van der Waals surface area contributed by atoms with Crippen LogP contribution in [0.2, 0.25) is 0 Å². The van der Waals surface area contributed by atoms with Gasteiger partial charge in [0.05, 0.1) is 0 Å². The molecule has 0 unspecified atom stereocenters. The van der Waals surface area contributed by atoms with Crippen molar-refractivity contribution in [1.82, 2.24) is 15.1 Å². The molecule has 29 heavy (non-hydrogen) atoms. The Balaban J connectivity index is 1.66. The van der Waals surface area contributed by atoms with Gasteiger partial charge in [-0.3, -0.25) is 9.59 Å². The van der Waals surface area contributed by atoms with Gasteiger partial charge in [0.15, 0.2) is 0 Å². The van der Waals surface area contributed by atoms with Gasteiger partial charge in [0.25, 0.3) is 5.91 Å². The van der Waals surface area contributed by atoms with Crippen LogP contribution in [0.25, 0.3) is 11.1 Å². The number of nitrogens with two attached hydrogens (primary N) is 1. The Bertz CT molecular complexity index is 799. The van der Waals surface area contributed by atoms with Crippen molar-refractivity contribution < 1.29 is 9.59 Å². The largest absolute Gasteiger partial charge is 0.340 e. The van der Waals surface area contributed by atoms with Crippen LogP contribution in [0.5, 0.6) is 0 Å². The minimum absolute atomic E-state index is 0.0131. The second-order valence-corrected chi connectivity index (χ2v) is 7.53. The van der Waals surface area contributed by atoms with Crippen molar-refractivity contribution in [2.24, 2.45) is 5.73 Å². The molecular formula is C23H30N4O2. The van der Waals surface area contributed by atoms with Crippen LogP contribution in [0.3, 0.4) is 0 Å². The van der Waals surface area contributed by atoms with Crippen LogP contribution in [0.15, 0.2) is 54.6 Å². The highest BCUT2D eigenvalue weighted by Gasteiger charge is 2.27. The lowest BCUT2D eigenvalue weighted by molar-refractivity contribution is -0.135. The zero-order valence-corrected chi connectivity index (χ0v) is 17.0. The van der Waals surface area contributed by atoms with Crippen molar-refractivity contribution in [3.63, 3.8) is 0 Å². The molecule has 0 saturated carbocycles. The maximum atomic E-state index is 13.0. The number of amides is 2. The van der Waals surface area contributed by atoms with E-state index in [1.807, 2.05) is 47.4 Å². The number of piperazine rings is 1. The second kappa shape index (κ2) is 10.2. The van der Waals surface area contributed by atoms with Gasteiger partial charge in [0.1, 0.15) is 6.04 Å². The highest BCUT2D eigenvalue weighted by Crippen LogP contribution is 2.19. The zero-order chi connectivity index (χ0) is 20.6. The first-order chi connectivity index (χ1) is 14.1. The van der Waals surface area contributed by atoms with Gasteiger partial charge >= 0.3 is 0 Å². The lowest BCUT2D eigenvalue weighted by Gasteiger charge is -2.34. The first-order valence-electron chi connectivity index (χ1n) is 10.2. The fourth-order valence-corrected chi connectivity index (χ4v) is 3.51. The number of rotatable bonds is 7. The van der Waals surface area contributed by atoms with Gasteiger partial charge in [-0.25, -0.2) is 0 Å². The van der Waals surface area contributed by atoms with Gasteiger partial charge in [0.2, 0.25) is 5.91 Å². The summed E-state index contributed by atoms with van der Waals surface area (Å²) in [5.74, 6) is -0.241. The van der Waals surface area contributed by atoms with E-state index in [0.717, 1.165) is 24.2 Å². The Morgan fingerprint density at radius 1 is 0.966 bits per heavy atom. The number of nitrogens with one attached hydrogen (secondary N) is 1. The highest BCUT2D eigenvalue weighted by molar-refractivity contribution is 5.98. The van der Waals surface area contributed by atoms with E-state index in [4.69, 9.17) is 5.73 Å². The predicted molar refractivity (Wildman–Crippen MR) is 115 cm³/mol. The van der Waals surface area contributed by atoms with Gasteiger partial charge < -0.3 is 20.9 Å². The molecule has 2 amide bonds. The quantitative estimate of drug-likeness (QED) is 0.753. The van der Waals surface area contributed by atoms with E-state index in [9.17, 15) is 9.59 Å². The summed E-state index contributed by atoms with van der Waals surface area (Å²) in [7, 11) is 2.05. The summed E-state index contributed by atoms with van der Waals surface area (Å²) in [6.45, 7) is 3.58. The average Bonchev–Trinajstić information content (AvgIpc) is 2.77. The standard InChI is InChI=1S/C23H30N4O2/c1-26-14-16-27(17-15-26)23(29)21(8-5-13-24)25-22(28)20-11-9-19(10-12-20)18-6-3-2-4-7-18/h2-4,6-7,9-12,21H,5,8,13-17,24H2,1H3,(H,25,28)/t21-/m0/s1. The molecule has 0 bridgehead atoms. The Kier molecular flexibility index (Phi) is 7.38. The van der Waals surface area contributed by atoms with E-state index in [1.54, 1.807) is 12.1 Å². The smallest absolute Gasteiger partial charge is 0.251 e. The summed E-state index contributed by atoms with van der Waals surface area (Å²) in [4.78, 5) is 29.8. The SMILES string of the molecule is CN1CCN(C(=O)[C@H](CCCN)NC(=O)c2ccc(-c3ccccc3)cc2)CC1. The van der Waals surface area contributed by atoms with Crippen LogP contribution >= 0.6 is 0 Å². The molecule has 6 nitrogen and oxygen atoms in total. The van der Waals surface area contributed by atoms with E-state index < -0.39 is 6.04 Å². The highest BCUT2D eigenvalue weighted by atomic mass is 16.2. The number of likely N-dealkylation sites (N-methyl/N-ethyl adjacent to an activating group) is 1. The third-order valence-electron chi connectivity index (χ3n) is 5.37. The first-order valence-corrected chi connectivity index (χ1v) is 10.2. The van der Waals surface area contributed by atoms with Crippen molar-refractivity contribution in [3.05, 3.63) is 60.2 Å². The van der Waals surface area contributed by atoms with Crippen LogP contribution in [0.1, 0.15) is 23.2 Å². The summed E-state index contributed by atoms with van der Waals surface area (Å²) in [5, 5.41) is 2.94. The minimum Gasteiger partial charge on any atom is -0.340 e. The first kappa shape index (κ1) is 21.0. The fourth-order valence-electron chi connectivity index (χ4n) is 3.51. The number of carbonyl (C=O) groups is 2. The molecule has 1 aliphatic heterocycles. The zero-order valence-electron chi connectivity index (χ0n) is 17.0. The average molecular weight is 395 g/mol. The molecule has 0 aromatic heterocycles. The minimum atomic E-state index is -0.539. The van der Waals surface area contributed by atoms with E-state index in [0.29, 0.717) is 38.0 Å². The molecule has 1 heterocycles. The normalized spacial score (nSPS) is 15.7. The fraction of sp³-hybridized carbons (Fsp3) is 0.391. The van der Waals surface area contributed by atoms with Crippen LogP contribution in [-0.2, 0) is 4.79 Å². The Labute approximate surface area is 172 Å². The van der Waals surface area contributed by atoms with Gasteiger partial charge in [-0.15, -0.1) is 0 Å². The van der Waals surface area contributed by atoms with Gasteiger partial charge in [-0.2, -0.15) is 0 Å². The Morgan fingerprint density at radius 2 is 1.59 bits per heavy atom. The van der Waals surface area contributed by atoms with Gasteiger partial charge in [-0.05, 0) is 49.7 Å². The van der Waals surface area contributed by atoms with Crippen molar-refractivity contribution in [1.29, 1.82) is 0 Å². The van der Waals surface area contributed by atoms with E-state index in [2.05, 4.69) is 17.3 Å². The molecule has 0 radical (unpaired) electrons. The molecule has 1 atom stereocenters. The molecular weight excluding hydrogens is 364 g/mol. The van der Waals surface area contributed by atoms with Crippen LogP contribution < -0.4 is 11.1 Å². The number of hydrogen-bond acceptors (Lipinski definition) is 4. The molecule has 6 heteroatoms. The predicted octanol–water partition coefficient (Wildman–Crippen LogP) is 1.96. The summed E-state index contributed by atoms with van der Waals surface area (Å²) >= 11 is 0. The van der Waals surface area contributed by atoms with Crippen LogP contribution in [0.4, 0.5) is 0 Å². The molecule has 1 fully saturated rings. The number of hydrogen-bond donors (Lipinski definition) is 2. The molecule has 1 aliphatic rings. The number of nitrogens with zero attached hydrogens (tertiary/aromatic N) is 2.